The Morgan fingerprint density at radius 1 is 0.786 bits per heavy atom. The summed E-state index contributed by atoms with van der Waals surface area (Å²) in [5, 5.41) is 0. The number of fused-ring (bicyclic) bond motifs is 4. The van der Waals surface area contributed by atoms with Crippen molar-refractivity contribution in [2.45, 2.75) is 64.2 Å². The fourth-order valence-corrected chi connectivity index (χ4v) is 13.0. The Balaban J connectivity index is 0.000000163. The molecule has 28 heavy (non-hydrogen) atoms. The van der Waals surface area contributed by atoms with E-state index in [0.29, 0.717) is 9.45 Å². The van der Waals surface area contributed by atoms with Crippen LogP contribution in [-0.2, 0) is 43.1 Å². The van der Waals surface area contributed by atoms with Crippen molar-refractivity contribution in [3.8, 4) is 0 Å². The molecule has 1 unspecified atom stereocenters. The van der Waals surface area contributed by atoms with Crippen LogP contribution < -0.4 is 0 Å². The second kappa shape index (κ2) is 16.3. The molecule has 0 amide bonds. The zero-order chi connectivity index (χ0) is 20.0. The van der Waals surface area contributed by atoms with Crippen LogP contribution in [-0.4, -0.2) is 42.3 Å². The van der Waals surface area contributed by atoms with Gasteiger partial charge in [0.25, 0.3) is 0 Å². The van der Waals surface area contributed by atoms with Crippen LogP contribution in [0.25, 0.3) is 0 Å². The summed E-state index contributed by atoms with van der Waals surface area (Å²) < 4.78 is 5.45. The monoisotopic (exact) mass is 500 g/mol. The van der Waals surface area contributed by atoms with Gasteiger partial charge in [0, 0.05) is 17.3 Å². The highest BCUT2D eigenvalue weighted by Gasteiger charge is 2.31. The Hall–Kier alpha value is 1.67. The largest absolute Gasteiger partial charge is 0.370 e. The fraction of sp³-hybridized carbons (Fsp3) is 1.00. The topological polar surface area (TPSA) is 9.23 Å². The average molecular weight is 501 g/mol. The minimum atomic E-state index is 0.393. The fourth-order valence-electron chi connectivity index (χ4n) is 5.03. The molecule has 1 nitrogen and oxygen atoms in total. The molecule has 4 fully saturated rings. The first-order valence-electron chi connectivity index (χ1n) is 10.9. The lowest BCUT2D eigenvalue weighted by molar-refractivity contribution is 0.202. The maximum absolute atomic E-state index is 5.45. The Morgan fingerprint density at radius 3 is 1.61 bits per heavy atom. The molecule has 0 spiro atoms. The molecule has 0 aliphatic heterocycles. The molecule has 0 saturated heterocycles. The van der Waals surface area contributed by atoms with E-state index in [1.54, 1.807) is 76.0 Å². The normalized spacial score (nSPS) is 30.2. The van der Waals surface area contributed by atoms with Gasteiger partial charge in [-0.3, -0.25) is 0 Å². The predicted molar refractivity (Wildman–Crippen MR) is 142 cm³/mol. The maximum Gasteiger partial charge on any atom is 0.0918 e. The van der Waals surface area contributed by atoms with E-state index in [2.05, 4.69) is 12.5 Å². The van der Waals surface area contributed by atoms with Crippen molar-refractivity contribution < 1.29 is 4.74 Å². The van der Waals surface area contributed by atoms with Crippen molar-refractivity contribution in [3.63, 3.8) is 0 Å². The summed E-state index contributed by atoms with van der Waals surface area (Å²) in [5.74, 6) is 9.14. The maximum atomic E-state index is 5.45. The van der Waals surface area contributed by atoms with Gasteiger partial charge in [-0.25, -0.2) is 0 Å². The molecule has 4 aliphatic carbocycles. The van der Waals surface area contributed by atoms with Crippen molar-refractivity contribution in [2.24, 2.45) is 23.7 Å². The van der Waals surface area contributed by atoms with Crippen LogP contribution >= 0.6 is 23.5 Å². The van der Waals surface area contributed by atoms with E-state index in [1.807, 2.05) is 20.6 Å². The summed E-state index contributed by atoms with van der Waals surface area (Å²) in [6.45, 7) is 0.876. The Morgan fingerprint density at radius 2 is 1.29 bits per heavy atom. The Labute approximate surface area is 195 Å². The molecule has 4 aliphatic rings. The third-order valence-corrected chi connectivity index (χ3v) is 14.8. The van der Waals surface area contributed by atoms with E-state index < -0.39 is 0 Å². The molecule has 0 radical (unpaired) electrons. The highest BCUT2D eigenvalue weighted by molar-refractivity contribution is 8.58. The molecular formula is C21H40OS6. The first-order valence-corrected chi connectivity index (χ1v) is 18.9. The van der Waals surface area contributed by atoms with Gasteiger partial charge in [-0.2, -0.15) is 11.8 Å². The van der Waals surface area contributed by atoms with Crippen LogP contribution in [0.1, 0.15) is 64.2 Å². The SMILES string of the molecule is C1CC2CCC1C2.C1CC2CCC1C2.CSCCS(CCOCSC)=S=S=S. The van der Waals surface area contributed by atoms with Gasteiger partial charge in [-0.15, -0.1) is 21.2 Å². The first-order chi connectivity index (χ1) is 13.7. The Bertz CT molecular complexity index is 457. The summed E-state index contributed by atoms with van der Waals surface area (Å²) in [6.07, 6.45) is 19.9. The molecule has 1 atom stereocenters. The standard InChI is InChI=1S/C7H16OS6.2C7H12/c1-10-4-6-14(13-12-9)5-3-8-7-11-2;2*1-2-7-4-3-6(1)5-7/h3-7H2,1-2H3;2*6-7H,1-5H2. The lowest BCUT2D eigenvalue weighted by Gasteiger charge is -2.05. The van der Waals surface area contributed by atoms with E-state index in [-0.39, 0.29) is 0 Å². The van der Waals surface area contributed by atoms with Crippen LogP contribution in [0, 0.1) is 23.7 Å². The number of thioether (sulfide) groups is 2. The second-order valence-corrected chi connectivity index (χ2v) is 17.0. The van der Waals surface area contributed by atoms with E-state index in [1.165, 1.54) is 44.1 Å². The van der Waals surface area contributed by atoms with Crippen LogP contribution in [0.2, 0.25) is 0 Å². The average Bonchev–Trinajstić information content (AvgIpc) is 3.53. The first kappa shape index (κ1) is 25.9. The molecule has 7 heteroatoms. The van der Waals surface area contributed by atoms with Crippen molar-refractivity contribution in [1.82, 2.24) is 0 Å². The van der Waals surface area contributed by atoms with Gasteiger partial charge in [0.2, 0.25) is 0 Å². The number of hydrogen-bond acceptors (Lipinski definition) is 4. The van der Waals surface area contributed by atoms with Crippen molar-refractivity contribution in [3.05, 3.63) is 0 Å². The highest BCUT2D eigenvalue weighted by Crippen LogP contribution is 2.44. The van der Waals surface area contributed by atoms with E-state index in [0.717, 1.165) is 18.3 Å². The molecule has 4 saturated carbocycles. The molecule has 0 aromatic heterocycles. The van der Waals surface area contributed by atoms with Gasteiger partial charge >= 0.3 is 0 Å². The summed E-state index contributed by atoms with van der Waals surface area (Å²) in [6, 6.07) is 0. The number of rotatable bonds is 8. The van der Waals surface area contributed by atoms with Gasteiger partial charge in [0.1, 0.15) is 0 Å². The van der Waals surface area contributed by atoms with Crippen LogP contribution in [0.15, 0.2) is 0 Å². The van der Waals surface area contributed by atoms with Gasteiger partial charge < -0.3 is 4.74 Å². The van der Waals surface area contributed by atoms with Gasteiger partial charge in [-0.1, -0.05) is 51.4 Å². The lowest BCUT2D eigenvalue weighted by Crippen LogP contribution is -2.09. The summed E-state index contributed by atoms with van der Waals surface area (Å²) >= 11 is 8.55. The second-order valence-electron chi connectivity index (χ2n) is 8.54. The van der Waals surface area contributed by atoms with Crippen LogP contribution in [0.4, 0.5) is 0 Å². The molecular weight excluding hydrogens is 461 g/mol. The van der Waals surface area contributed by atoms with E-state index in [9.17, 15) is 0 Å². The lowest BCUT2D eigenvalue weighted by atomic mass is 10.0. The highest BCUT2D eigenvalue weighted by atomic mass is 33.2. The van der Waals surface area contributed by atoms with E-state index in [4.69, 9.17) is 15.9 Å². The van der Waals surface area contributed by atoms with Gasteiger partial charge in [0.15, 0.2) is 0 Å². The van der Waals surface area contributed by atoms with Crippen molar-refractivity contribution in [1.29, 1.82) is 0 Å². The molecule has 166 valence electrons. The summed E-state index contributed by atoms with van der Waals surface area (Å²) in [7, 11) is 3.69. The molecule has 4 bridgehead atoms. The smallest absolute Gasteiger partial charge is 0.0918 e. The third-order valence-electron chi connectivity index (χ3n) is 6.56. The van der Waals surface area contributed by atoms with Gasteiger partial charge in [-0.05, 0) is 78.0 Å². The van der Waals surface area contributed by atoms with Crippen molar-refractivity contribution in [2.75, 3.05) is 42.3 Å². The number of hydrogen-bond donors (Lipinski definition) is 0. The summed E-state index contributed by atoms with van der Waals surface area (Å²) in [5.41, 5.74) is 0. The zero-order valence-electron chi connectivity index (χ0n) is 17.8. The van der Waals surface area contributed by atoms with Crippen LogP contribution in [0.3, 0.4) is 0 Å². The van der Waals surface area contributed by atoms with Crippen molar-refractivity contribution >= 4 is 61.9 Å². The minimum Gasteiger partial charge on any atom is -0.370 e. The molecule has 0 aromatic carbocycles. The Kier molecular flexibility index (Phi) is 15.1. The van der Waals surface area contributed by atoms with Crippen LogP contribution in [0.5, 0.6) is 0 Å². The molecule has 0 N–H and O–H groups in total. The molecule has 0 aromatic rings. The summed E-state index contributed by atoms with van der Waals surface area (Å²) in [4.78, 5) is 0. The minimum absolute atomic E-state index is 0.393. The zero-order valence-corrected chi connectivity index (χ0v) is 22.7. The third kappa shape index (κ3) is 10.8. The van der Waals surface area contributed by atoms with Gasteiger partial charge in [0.05, 0.1) is 12.5 Å². The number of ether oxygens (including phenoxy) is 1. The van der Waals surface area contributed by atoms with E-state index >= 15 is 0 Å². The molecule has 0 heterocycles. The quantitative estimate of drug-likeness (QED) is 0.292. The molecule has 4 rings (SSSR count). The predicted octanol–water partition coefficient (Wildman–Crippen LogP) is 6.15.